The Balaban J connectivity index is 1.58. The lowest BCUT2D eigenvalue weighted by atomic mass is 9.95. The molecule has 1 atom stereocenters. The summed E-state index contributed by atoms with van der Waals surface area (Å²) in [6.45, 7) is 5.49. The SMILES string of the molecule is CCOC(=O)C1=C(COC(=O)c2c(C)nn(Cc3ccc(C)cc3)c2Cl)NC(=O)NC1c1ccccc1. The predicted molar refractivity (Wildman–Crippen MR) is 137 cm³/mol. The Bertz CT molecular complexity index is 1350. The molecule has 2 N–H and O–H groups in total. The van der Waals surface area contributed by atoms with Crippen molar-refractivity contribution in [1.29, 1.82) is 0 Å². The number of carbonyl (C=O) groups excluding carboxylic acids is 3. The standard InChI is InChI=1S/C27H27ClN4O5/c1-4-36-26(34)22-20(29-27(35)30-23(22)19-8-6-5-7-9-19)15-37-25(33)21-17(3)31-32(24(21)28)14-18-12-10-16(2)11-13-18/h5-13,23H,4,14-15H2,1-3H3,(H2,29,30,35). The molecular weight excluding hydrogens is 496 g/mol. The average molecular weight is 523 g/mol. The van der Waals surface area contributed by atoms with E-state index in [1.807, 2.05) is 37.3 Å². The first kappa shape index (κ1) is 26.0. The van der Waals surface area contributed by atoms with Crippen LogP contribution >= 0.6 is 11.6 Å². The maximum absolute atomic E-state index is 13.0. The smallest absolute Gasteiger partial charge is 0.343 e. The largest absolute Gasteiger partial charge is 0.463 e. The van der Waals surface area contributed by atoms with Gasteiger partial charge in [-0.2, -0.15) is 5.10 Å². The number of hydrogen-bond acceptors (Lipinski definition) is 6. The van der Waals surface area contributed by atoms with Crippen LogP contribution in [-0.2, 0) is 20.8 Å². The Labute approximate surface area is 219 Å². The summed E-state index contributed by atoms with van der Waals surface area (Å²) in [6, 6.07) is 15.6. The van der Waals surface area contributed by atoms with Crippen LogP contribution in [0.1, 0.15) is 45.7 Å². The quantitative estimate of drug-likeness (QED) is 0.428. The molecule has 3 aromatic rings. The fourth-order valence-electron chi connectivity index (χ4n) is 4.04. The van der Waals surface area contributed by atoms with Crippen LogP contribution in [0, 0.1) is 13.8 Å². The third-order valence-electron chi connectivity index (χ3n) is 5.85. The molecule has 0 saturated carbocycles. The van der Waals surface area contributed by atoms with E-state index in [9.17, 15) is 14.4 Å². The molecule has 1 aromatic heterocycles. The third-order valence-corrected chi connectivity index (χ3v) is 6.24. The first-order valence-electron chi connectivity index (χ1n) is 11.8. The lowest BCUT2D eigenvalue weighted by Gasteiger charge is -2.29. The van der Waals surface area contributed by atoms with Gasteiger partial charge in [-0.3, -0.25) is 0 Å². The summed E-state index contributed by atoms with van der Waals surface area (Å²) in [5, 5.41) is 9.85. The van der Waals surface area contributed by atoms with Crippen LogP contribution in [0.3, 0.4) is 0 Å². The van der Waals surface area contributed by atoms with Crippen LogP contribution in [0.25, 0.3) is 0 Å². The van der Waals surface area contributed by atoms with Crippen molar-refractivity contribution in [2.75, 3.05) is 13.2 Å². The molecule has 2 heterocycles. The Kier molecular flexibility index (Phi) is 7.93. The number of amides is 2. The molecule has 0 radical (unpaired) electrons. The number of urea groups is 1. The van der Waals surface area contributed by atoms with Gasteiger partial charge < -0.3 is 20.1 Å². The van der Waals surface area contributed by atoms with Crippen molar-refractivity contribution >= 4 is 29.6 Å². The lowest BCUT2D eigenvalue weighted by molar-refractivity contribution is -0.139. The fourth-order valence-corrected chi connectivity index (χ4v) is 4.35. The van der Waals surface area contributed by atoms with Crippen molar-refractivity contribution in [3.8, 4) is 0 Å². The van der Waals surface area contributed by atoms with Crippen LogP contribution in [0.5, 0.6) is 0 Å². The van der Waals surface area contributed by atoms with Crippen LogP contribution in [0.2, 0.25) is 5.15 Å². The number of ether oxygens (including phenoxy) is 2. The molecule has 2 amide bonds. The molecule has 0 fully saturated rings. The van der Waals surface area contributed by atoms with Gasteiger partial charge in [0.2, 0.25) is 0 Å². The third kappa shape index (κ3) is 5.83. The highest BCUT2D eigenvalue weighted by Gasteiger charge is 2.34. The number of nitrogens with one attached hydrogen (secondary N) is 2. The first-order chi connectivity index (χ1) is 17.8. The number of carbonyl (C=O) groups is 3. The van der Waals surface area contributed by atoms with Crippen LogP contribution in [0.15, 0.2) is 65.9 Å². The minimum absolute atomic E-state index is 0.118. The second kappa shape index (κ2) is 11.3. The molecule has 0 spiro atoms. The summed E-state index contributed by atoms with van der Waals surface area (Å²) in [5.41, 5.74) is 3.59. The van der Waals surface area contributed by atoms with Crippen LogP contribution < -0.4 is 10.6 Å². The Hall–Kier alpha value is -4.11. The summed E-state index contributed by atoms with van der Waals surface area (Å²) in [6.07, 6.45) is 0. The van der Waals surface area contributed by atoms with E-state index in [0.29, 0.717) is 17.8 Å². The van der Waals surface area contributed by atoms with Crippen LogP contribution in [0.4, 0.5) is 4.79 Å². The molecule has 0 aliphatic carbocycles. The van der Waals surface area contributed by atoms with Crippen molar-refractivity contribution < 1.29 is 23.9 Å². The van der Waals surface area contributed by atoms with Crippen molar-refractivity contribution in [3.63, 3.8) is 0 Å². The molecule has 192 valence electrons. The van der Waals surface area contributed by atoms with Crippen molar-refractivity contribution in [2.24, 2.45) is 0 Å². The first-order valence-corrected chi connectivity index (χ1v) is 12.1. The van der Waals surface area contributed by atoms with E-state index in [2.05, 4.69) is 15.7 Å². The van der Waals surface area contributed by atoms with Crippen molar-refractivity contribution in [3.05, 3.63) is 99.0 Å². The van der Waals surface area contributed by atoms with E-state index < -0.39 is 24.0 Å². The Morgan fingerprint density at radius 2 is 1.73 bits per heavy atom. The summed E-state index contributed by atoms with van der Waals surface area (Å²) >= 11 is 6.51. The average Bonchev–Trinajstić information content (AvgIpc) is 3.16. The molecule has 1 aliphatic rings. The lowest BCUT2D eigenvalue weighted by Crippen LogP contribution is -2.47. The fraction of sp³-hybridized carbons (Fsp3) is 0.259. The zero-order chi connectivity index (χ0) is 26.5. The van der Waals surface area contributed by atoms with E-state index >= 15 is 0 Å². The maximum Gasteiger partial charge on any atom is 0.343 e. The number of benzene rings is 2. The van der Waals surface area contributed by atoms with Crippen LogP contribution in [-0.4, -0.2) is 41.0 Å². The molecule has 37 heavy (non-hydrogen) atoms. The minimum atomic E-state index is -0.773. The van der Waals surface area contributed by atoms with Gasteiger partial charge in [0.05, 0.1) is 36.2 Å². The Morgan fingerprint density at radius 1 is 1.03 bits per heavy atom. The minimum Gasteiger partial charge on any atom is -0.463 e. The molecule has 0 saturated heterocycles. The zero-order valence-corrected chi connectivity index (χ0v) is 21.5. The number of aromatic nitrogens is 2. The van der Waals surface area contributed by atoms with E-state index in [1.54, 1.807) is 38.1 Å². The molecule has 1 unspecified atom stereocenters. The normalized spacial score (nSPS) is 15.1. The summed E-state index contributed by atoms with van der Waals surface area (Å²) in [7, 11) is 0. The Morgan fingerprint density at radius 3 is 2.41 bits per heavy atom. The topological polar surface area (TPSA) is 112 Å². The van der Waals surface area contributed by atoms with Gasteiger partial charge in [-0.25, -0.2) is 19.1 Å². The van der Waals surface area contributed by atoms with Crippen molar-refractivity contribution in [1.82, 2.24) is 20.4 Å². The second-order valence-corrected chi connectivity index (χ2v) is 8.88. The highest BCUT2D eigenvalue weighted by Crippen LogP contribution is 2.28. The van der Waals surface area contributed by atoms with Gasteiger partial charge in [-0.1, -0.05) is 71.8 Å². The predicted octanol–water partition coefficient (Wildman–Crippen LogP) is 4.23. The molecular formula is C27H27ClN4O5. The van der Waals surface area contributed by atoms with Gasteiger partial charge in [0.15, 0.2) is 0 Å². The van der Waals surface area contributed by atoms with E-state index in [1.165, 1.54) is 4.68 Å². The van der Waals surface area contributed by atoms with E-state index in [-0.39, 0.29) is 35.2 Å². The molecule has 10 heteroatoms. The van der Waals surface area contributed by atoms with Gasteiger partial charge in [0, 0.05) is 0 Å². The highest BCUT2D eigenvalue weighted by molar-refractivity contribution is 6.32. The van der Waals surface area contributed by atoms with Gasteiger partial charge in [0.25, 0.3) is 0 Å². The van der Waals surface area contributed by atoms with Gasteiger partial charge in [-0.15, -0.1) is 0 Å². The molecule has 9 nitrogen and oxygen atoms in total. The number of esters is 2. The number of hydrogen-bond donors (Lipinski definition) is 2. The number of aryl methyl sites for hydroxylation is 2. The molecule has 1 aliphatic heterocycles. The highest BCUT2D eigenvalue weighted by atomic mass is 35.5. The van der Waals surface area contributed by atoms with E-state index in [0.717, 1.165) is 11.1 Å². The number of rotatable bonds is 8. The zero-order valence-electron chi connectivity index (χ0n) is 20.7. The van der Waals surface area contributed by atoms with E-state index in [4.69, 9.17) is 21.1 Å². The monoisotopic (exact) mass is 522 g/mol. The maximum atomic E-state index is 13.0. The molecule has 2 aromatic carbocycles. The second-order valence-electron chi connectivity index (χ2n) is 8.53. The number of halogens is 1. The van der Waals surface area contributed by atoms with Crippen molar-refractivity contribution in [2.45, 2.75) is 33.4 Å². The molecule has 0 bridgehead atoms. The summed E-state index contributed by atoms with van der Waals surface area (Å²) in [4.78, 5) is 38.3. The van der Waals surface area contributed by atoms with Gasteiger partial charge >= 0.3 is 18.0 Å². The molecule has 4 rings (SSSR count). The summed E-state index contributed by atoms with van der Waals surface area (Å²) in [5.74, 6) is -1.35. The number of nitrogens with zero attached hydrogens (tertiary/aromatic N) is 2. The summed E-state index contributed by atoms with van der Waals surface area (Å²) < 4.78 is 12.3. The van der Waals surface area contributed by atoms with Gasteiger partial charge in [-0.05, 0) is 31.9 Å². The van der Waals surface area contributed by atoms with Gasteiger partial charge in [0.1, 0.15) is 17.3 Å².